The lowest BCUT2D eigenvalue weighted by molar-refractivity contribution is -0.165. The van der Waals surface area contributed by atoms with Gasteiger partial charge in [0.2, 0.25) is 0 Å². The summed E-state index contributed by atoms with van der Waals surface area (Å²) >= 11 is 0. The van der Waals surface area contributed by atoms with Gasteiger partial charge in [0.05, 0.1) is 5.92 Å². The minimum absolute atomic E-state index is 0.100. The Bertz CT molecular complexity index is 455. The lowest BCUT2D eigenvalue weighted by Crippen LogP contribution is -2.32. The van der Waals surface area contributed by atoms with Crippen LogP contribution in [0.1, 0.15) is 45.3 Å². The van der Waals surface area contributed by atoms with E-state index in [2.05, 4.69) is 0 Å². The van der Waals surface area contributed by atoms with Gasteiger partial charge in [-0.25, -0.2) is 4.79 Å². The zero-order valence-electron chi connectivity index (χ0n) is 13.2. The van der Waals surface area contributed by atoms with E-state index >= 15 is 0 Å². The summed E-state index contributed by atoms with van der Waals surface area (Å²) in [6.07, 6.45) is -0.124. The first-order valence-corrected chi connectivity index (χ1v) is 7.36. The third-order valence-corrected chi connectivity index (χ3v) is 3.64. The average Bonchev–Trinajstić information content (AvgIpc) is 2.52. The molecule has 0 radical (unpaired) electrons. The maximum absolute atomic E-state index is 12.3. The molecule has 3 atom stereocenters. The minimum atomic E-state index is -0.760. The van der Waals surface area contributed by atoms with Gasteiger partial charge in [-0.2, -0.15) is 0 Å². The largest absolute Gasteiger partial charge is 0.459 e. The predicted octanol–water partition coefficient (Wildman–Crippen LogP) is 3.31. The van der Waals surface area contributed by atoms with Gasteiger partial charge in [0, 0.05) is 13.5 Å². The van der Waals surface area contributed by atoms with Crippen LogP contribution in [0.5, 0.6) is 0 Å². The Morgan fingerprint density at radius 3 is 2.24 bits per heavy atom. The van der Waals surface area contributed by atoms with Gasteiger partial charge in [-0.05, 0) is 12.0 Å². The normalized spacial score (nSPS) is 15.0. The molecular weight excluding hydrogens is 268 g/mol. The third-order valence-electron chi connectivity index (χ3n) is 3.64. The van der Waals surface area contributed by atoms with Gasteiger partial charge >= 0.3 is 5.97 Å². The molecule has 0 saturated carbocycles. The van der Waals surface area contributed by atoms with Gasteiger partial charge in [0.15, 0.2) is 6.10 Å². The van der Waals surface area contributed by atoms with Crippen molar-refractivity contribution < 1.29 is 19.1 Å². The number of esters is 1. The van der Waals surface area contributed by atoms with E-state index in [1.165, 1.54) is 7.11 Å². The Hall–Kier alpha value is -1.68. The number of methoxy groups -OCH3 is 1. The molecule has 0 aliphatic rings. The van der Waals surface area contributed by atoms with Crippen molar-refractivity contribution in [2.24, 2.45) is 5.92 Å². The number of hydrogen-bond donors (Lipinski definition) is 0. The van der Waals surface area contributed by atoms with Crippen LogP contribution in [-0.2, 0) is 19.1 Å². The molecule has 0 aromatic heterocycles. The highest BCUT2D eigenvalue weighted by Crippen LogP contribution is 2.22. The molecule has 116 valence electrons. The molecule has 0 saturated heterocycles. The predicted molar refractivity (Wildman–Crippen MR) is 80.8 cm³/mol. The topological polar surface area (TPSA) is 52.6 Å². The van der Waals surface area contributed by atoms with Gasteiger partial charge in [-0.15, -0.1) is 0 Å². The number of carbonyl (C=O) groups excluding carboxylic acids is 2. The molecule has 0 spiro atoms. The summed E-state index contributed by atoms with van der Waals surface area (Å²) in [5.74, 6) is -0.646. The van der Waals surface area contributed by atoms with Crippen LogP contribution in [0.15, 0.2) is 30.3 Å². The summed E-state index contributed by atoms with van der Waals surface area (Å²) in [4.78, 5) is 24.1. The Kier molecular flexibility index (Phi) is 7.09. The molecule has 0 bridgehead atoms. The highest BCUT2D eigenvalue weighted by atomic mass is 16.6. The standard InChI is InChI=1S/C17H24O4/c1-5-14(18)12(3)15(6-2)21-17(19)16(20-4)13-10-8-7-9-11-13/h7-12,15-16H,5-6H2,1-4H3/t12-,15+,16+/m1/s1. The first kappa shape index (κ1) is 17.4. The molecule has 0 heterocycles. The Balaban J connectivity index is 2.79. The Morgan fingerprint density at radius 2 is 1.76 bits per heavy atom. The van der Waals surface area contributed by atoms with Crippen molar-refractivity contribution in [2.45, 2.75) is 45.8 Å². The summed E-state index contributed by atoms with van der Waals surface area (Å²) in [6, 6.07) is 9.19. The van der Waals surface area contributed by atoms with E-state index in [0.717, 1.165) is 5.56 Å². The summed E-state index contributed by atoms with van der Waals surface area (Å²) in [7, 11) is 1.47. The number of rotatable bonds is 8. The average molecular weight is 292 g/mol. The fourth-order valence-electron chi connectivity index (χ4n) is 2.28. The summed E-state index contributed by atoms with van der Waals surface area (Å²) in [5, 5.41) is 0. The fraction of sp³-hybridized carbons (Fsp3) is 0.529. The molecule has 0 fully saturated rings. The lowest BCUT2D eigenvalue weighted by Gasteiger charge is -2.24. The van der Waals surface area contributed by atoms with E-state index in [1.54, 1.807) is 6.92 Å². The molecule has 21 heavy (non-hydrogen) atoms. The monoisotopic (exact) mass is 292 g/mol. The maximum Gasteiger partial charge on any atom is 0.340 e. The zero-order valence-corrected chi connectivity index (χ0v) is 13.2. The first-order chi connectivity index (χ1) is 10.0. The van der Waals surface area contributed by atoms with E-state index < -0.39 is 18.2 Å². The van der Waals surface area contributed by atoms with Crippen LogP contribution in [0.4, 0.5) is 0 Å². The van der Waals surface area contributed by atoms with Crippen molar-refractivity contribution in [3.8, 4) is 0 Å². The first-order valence-electron chi connectivity index (χ1n) is 7.36. The van der Waals surface area contributed by atoms with Crippen molar-refractivity contribution in [3.05, 3.63) is 35.9 Å². The van der Waals surface area contributed by atoms with Crippen molar-refractivity contribution in [2.75, 3.05) is 7.11 Å². The smallest absolute Gasteiger partial charge is 0.340 e. The molecule has 1 aromatic carbocycles. The number of benzene rings is 1. The van der Waals surface area contributed by atoms with Crippen LogP contribution >= 0.6 is 0 Å². The van der Waals surface area contributed by atoms with Crippen LogP contribution < -0.4 is 0 Å². The summed E-state index contributed by atoms with van der Waals surface area (Å²) in [6.45, 7) is 5.52. The van der Waals surface area contributed by atoms with Crippen molar-refractivity contribution >= 4 is 11.8 Å². The number of Topliss-reactive ketones (excluding diaryl/α,β-unsaturated/α-hetero) is 1. The molecule has 0 unspecified atom stereocenters. The highest BCUT2D eigenvalue weighted by molar-refractivity contribution is 5.82. The molecule has 4 nitrogen and oxygen atoms in total. The van der Waals surface area contributed by atoms with Crippen LogP contribution in [0, 0.1) is 5.92 Å². The van der Waals surface area contributed by atoms with E-state index in [-0.39, 0.29) is 11.7 Å². The second-order valence-electron chi connectivity index (χ2n) is 5.02. The second kappa shape index (κ2) is 8.57. The zero-order chi connectivity index (χ0) is 15.8. The van der Waals surface area contributed by atoms with Crippen LogP contribution in [-0.4, -0.2) is 25.0 Å². The number of ketones is 1. The minimum Gasteiger partial charge on any atom is -0.459 e. The van der Waals surface area contributed by atoms with Gasteiger partial charge in [0.1, 0.15) is 11.9 Å². The fourth-order valence-corrected chi connectivity index (χ4v) is 2.28. The number of hydrogen-bond acceptors (Lipinski definition) is 4. The van der Waals surface area contributed by atoms with Crippen LogP contribution in [0.25, 0.3) is 0 Å². The molecule has 0 N–H and O–H groups in total. The van der Waals surface area contributed by atoms with Gasteiger partial charge in [-0.3, -0.25) is 4.79 Å². The lowest BCUT2D eigenvalue weighted by atomic mass is 9.96. The Morgan fingerprint density at radius 1 is 1.14 bits per heavy atom. The Labute approximate surface area is 126 Å². The SMILES string of the molecule is CCC(=O)[C@@H](C)[C@H](CC)OC(=O)[C@@H](OC)c1ccccc1. The number of carbonyl (C=O) groups is 2. The van der Waals surface area contributed by atoms with Crippen LogP contribution in [0.2, 0.25) is 0 Å². The molecule has 1 rings (SSSR count). The van der Waals surface area contributed by atoms with Gasteiger partial charge in [0.25, 0.3) is 0 Å². The highest BCUT2D eigenvalue weighted by Gasteiger charge is 2.29. The summed E-state index contributed by atoms with van der Waals surface area (Å²) in [5.41, 5.74) is 0.745. The quantitative estimate of drug-likeness (QED) is 0.690. The van der Waals surface area contributed by atoms with E-state index in [4.69, 9.17) is 9.47 Å². The molecule has 0 aliphatic heterocycles. The third kappa shape index (κ3) is 4.67. The molecule has 0 aliphatic carbocycles. The number of ether oxygens (including phenoxy) is 2. The van der Waals surface area contributed by atoms with Crippen molar-refractivity contribution in [1.29, 1.82) is 0 Å². The van der Waals surface area contributed by atoms with Gasteiger partial charge < -0.3 is 9.47 Å². The molecule has 0 amide bonds. The molecule has 1 aromatic rings. The van der Waals surface area contributed by atoms with E-state index in [0.29, 0.717) is 12.8 Å². The molecular formula is C17H24O4. The summed E-state index contributed by atoms with van der Waals surface area (Å²) < 4.78 is 10.8. The van der Waals surface area contributed by atoms with Crippen molar-refractivity contribution in [3.63, 3.8) is 0 Å². The van der Waals surface area contributed by atoms with Gasteiger partial charge in [-0.1, -0.05) is 51.1 Å². The molecule has 4 heteroatoms. The van der Waals surface area contributed by atoms with E-state index in [9.17, 15) is 9.59 Å². The van der Waals surface area contributed by atoms with E-state index in [1.807, 2.05) is 44.2 Å². The van der Waals surface area contributed by atoms with Crippen LogP contribution in [0.3, 0.4) is 0 Å². The van der Waals surface area contributed by atoms with Crippen molar-refractivity contribution in [1.82, 2.24) is 0 Å². The second-order valence-corrected chi connectivity index (χ2v) is 5.02. The maximum atomic E-state index is 12.3.